The number of hydrogen-bond acceptors (Lipinski definition) is 3. The number of nitrogens with zero attached hydrogens (tertiary/aromatic N) is 1. The number of aromatic nitrogens is 1. The van der Waals surface area contributed by atoms with Crippen LogP contribution in [0.3, 0.4) is 0 Å². The molecule has 0 aliphatic rings. The van der Waals surface area contributed by atoms with Crippen LogP contribution in [0.5, 0.6) is 0 Å². The Kier molecular flexibility index (Phi) is 6.11. The molecule has 0 bridgehead atoms. The molecule has 0 radical (unpaired) electrons. The summed E-state index contributed by atoms with van der Waals surface area (Å²) in [5.41, 5.74) is 5.59. The van der Waals surface area contributed by atoms with Gasteiger partial charge in [0.2, 0.25) is 0 Å². The van der Waals surface area contributed by atoms with Crippen LogP contribution in [-0.2, 0) is 6.54 Å². The van der Waals surface area contributed by atoms with Gasteiger partial charge in [0, 0.05) is 17.8 Å². The minimum atomic E-state index is -0.137. The second-order valence-electron chi connectivity index (χ2n) is 7.04. The highest BCUT2D eigenvalue weighted by Gasteiger charge is 2.14. The van der Waals surface area contributed by atoms with Gasteiger partial charge in [0.1, 0.15) is 0 Å². The zero-order chi connectivity index (χ0) is 20.3. The van der Waals surface area contributed by atoms with Crippen molar-refractivity contribution in [2.45, 2.75) is 27.3 Å². The largest absolute Gasteiger partial charge is 0.395 e. The molecule has 1 aromatic heterocycles. The quantitative estimate of drug-likeness (QED) is 0.576. The molecular formula is C22H25N3O2S. The fourth-order valence-corrected chi connectivity index (χ4v) is 3.38. The van der Waals surface area contributed by atoms with E-state index in [0.717, 1.165) is 33.3 Å². The van der Waals surface area contributed by atoms with Crippen molar-refractivity contribution < 1.29 is 5.11 Å². The molecule has 0 saturated heterocycles. The van der Waals surface area contributed by atoms with Gasteiger partial charge in [0.15, 0.2) is 5.11 Å². The third-order valence-electron chi connectivity index (χ3n) is 4.95. The van der Waals surface area contributed by atoms with E-state index >= 15 is 0 Å². The molecule has 0 fully saturated rings. The Bertz CT molecular complexity index is 1060. The van der Waals surface area contributed by atoms with Gasteiger partial charge in [0.25, 0.3) is 5.56 Å². The molecule has 1 heterocycles. The summed E-state index contributed by atoms with van der Waals surface area (Å²) < 4.78 is 0. The summed E-state index contributed by atoms with van der Waals surface area (Å²) in [5, 5.41) is 14.1. The van der Waals surface area contributed by atoms with Gasteiger partial charge in [-0.05, 0) is 67.7 Å². The second-order valence-corrected chi connectivity index (χ2v) is 7.42. The summed E-state index contributed by atoms with van der Waals surface area (Å²) in [6.07, 6.45) is 0. The standard InChI is InChI=1S/C22H25N3O2S/c1-14-4-8-19(9-5-14)23-22(28)25(10-11-26)13-18-12-17-7-6-15(2)16(3)20(17)24-21(18)27/h4-9,12,26H,10-11,13H2,1-3H3,(H,23,28)(H,24,27). The molecule has 0 amide bonds. The number of aliphatic hydroxyl groups excluding tert-OH is 1. The molecule has 0 aliphatic carbocycles. The monoisotopic (exact) mass is 395 g/mol. The van der Waals surface area contributed by atoms with Crippen LogP contribution in [0.2, 0.25) is 0 Å². The van der Waals surface area contributed by atoms with Gasteiger partial charge < -0.3 is 20.3 Å². The smallest absolute Gasteiger partial charge is 0.253 e. The number of aromatic amines is 1. The second kappa shape index (κ2) is 8.54. The molecule has 6 heteroatoms. The Hall–Kier alpha value is -2.70. The average molecular weight is 396 g/mol. The Balaban J connectivity index is 1.86. The number of aryl methyl sites for hydroxylation is 3. The number of aliphatic hydroxyl groups is 1. The molecule has 28 heavy (non-hydrogen) atoms. The summed E-state index contributed by atoms with van der Waals surface area (Å²) >= 11 is 5.52. The lowest BCUT2D eigenvalue weighted by Gasteiger charge is -2.25. The van der Waals surface area contributed by atoms with E-state index in [9.17, 15) is 9.90 Å². The van der Waals surface area contributed by atoms with E-state index < -0.39 is 0 Å². The van der Waals surface area contributed by atoms with Gasteiger partial charge in [-0.3, -0.25) is 4.79 Å². The number of hydrogen-bond donors (Lipinski definition) is 3. The normalized spacial score (nSPS) is 10.9. The molecule has 0 aliphatic heterocycles. The van der Waals surface area contributed by atoms with Gasteiger partial charge >= 0.3 is 0 Å². The van der Waals surface area contributed by atoms with Crippen molar-refractivity contribution in [3.63, 3.8) is 0 Å². The number of thiocarbonyl (C=S) groups is 1. The van der Waals surface area contributed by atoms with Crippen molar-refractivity contribution in [3.8, 4) is 0 Å². The molecule has 3 aromatic rings. The van der Waals surface area contributed by atoms with Crippen molar-refractivity contribution in [2.24, 2.45) is 0 Å². The zero-order valence-electron chi connectivity index (χ0n) is 16.4. The molecule has 0 spiro atoms. The third kappa shape index (κ3) is 4.40. The van der Waals surface area contributed by atoms with Gasteiger partial charge in [-0.1, -0.05) is 29.8 Å². The fourth-order valence-electron chi connectivity index (χ4n) is 3.11. The van der Waals surface area contributed by atoms with Gasteiger partial charge in [-0.25, -0.2) is 0 Å². The highest BCUT2D eigenvalue weighted by atomic mass is 32.1. The van der Waals surface area contributed by atoms with Crippen LogP contribution in [0.15, 0.2) is 47.3 Å². The maximum Gasteiger partial charge on any atom is 0.253 e. The first-order valence-corrected chi connectivity index (χ1v) is 9.65. The molecule has 2 aromatic carbocycles. The molecule has 0 unspecified atom stereocenters. The van der Waals surface area contributed by atoms with Crippen LogP contribution in [0, 0.1) is 20.8 Å². The Labute approximate surface area is 170 Å². The number of H-pyrrole nitrogens is 1. The van der Waals surface area contributed by atoms with Crippen LogP contribution in [-0.4, -0.2) is 33.3 Å². The van der Waals surface area contributed by atoms with E-state index in [0.29, 0.717) is 23.8 Å². The van der Waals surface area contributed by atoms with Crippen LogP contribution in [0.25, 0.3) is 10.9 Å². The Morgan fingerprint density at radius 2 is 1.86 bits per heavy atom. The fraction of sp³-hybridized carbons (Fsp3) is 0.273. The van der Waals surface area contributed by atoms with Crippen LogP contribution in [0.1, 0.15) is 22.3 Å². The SMILES string of the molecule is Cc1ccc(NC(=S)N(CCO)Cc2cc3ccc(C)c(C)c3[nH]c2=O)cc1. The number of anilines is 1. The predicted octanol–water partition coefficient (Wildman–Crippen LogP) is 3.64. The number of rotatable bonds is 5. The average Bonchev–Trinajstić information content (AvgIpc) is 2.67. The maximum atomic E-state index is 12.6. The Morgan fingerprint density at radius 1 is 1.14 bits per heavy atom. The summed E-state index contributed by atoms with van der Waals surface area (Å²) in [6, 6.07) is 13.9. The molecular weight excluding hydrogens is 370 g/mol. The number of nitrogens with one attached hydrogen (secondary N) is 2. The van der Waals surface area contributed by atoms with E-state index in [4.69, 9.17) is 12.2 Å². The minimum absolute atomic E-state index is 0.0560. The van der Waals surface area contributed by atoms with Crippen LogP contribution in [0.4, 0.5) is 5.69 Å². The zero-order valence-corrected chi connectivity index (χ0v) is 17.2. The summed E-state index contributed by atoms with van der Waals surface area (Å²) in [6.45, 7) is 6.65. The molecule has 3 rings (SSSR count). The maximum absolute atomic E-state index is 12.6. The van der Waals surface area contributed by atoms with E-state index in [1.54, 1.807) is 4.90 Å². The first-order valence-electron chi connectivity index (χ1n) is 9.24. The molecule has 0 saturated carbocycles. The summed E-state index contributed by atoms with van der Waals surface area (Å²) in [4.78, 5) is 17.4. The first-order chi connectivity index (χ1) is 13.4. The molecule has 5 nitrogen and oxygen atoms in total. The van der Waals surface area contributed by atoms with Gasteiger partial charge in [0.05, 0.1) is 18.7 Å². The van der Waals surface area contributed by atoms with E-state index in [1.165, 1.54) is 0 Å². The van der Waals surface area contributed by atoms with Gasteiger partial charge in [-0.15, -0.1) is 0 Å². The third-order valence-corrected chi connectivity index (χ3v) is 5.31. The predicted molar refractivity (Wildman–Crippen MR) is 119 cm³/mol. The van der Waals surface area contributed by atoms with Crippen molar-refractivity contribution in [1.82, 2.24) is 9.88 Å². The first kappa shape index (κ1) is 20.0. The van der Waals surface area contributed by atoms with Crippen molar-refractivity contribution in [3.05, 3.63) is 75.1 Å². The molecule has 0 atom stereocenters. The van der Waals surface area contributed by atoms with Crippen molar-refractivity contribution >= 4 is 33.9 Å². The van der Waals surface area contributed by atoms with Crippen molar-refractivity contribution in [1.29, 1.82) is 0 Å². The Morgan fingerprint density at radius 3 is 2.54 bits per heavy atom. The van der Waals surface area contributed by atoms with E-state index in [2.05, 4.69) is 16.4 Å². The lowest BCUT2D eigenvalue weighted by atomic mass is 10.0. The number of pyridine rings is 1. The van der Waals surface area contributed by atoms with Crippen LogP contribution >= 0.6 is 12.2 Å². The van der Waals surface area contributed by atoms with Crippen LogP contribution < -0.4 is 10.9 Å². The van der Waals surface area contributed by atoms with Gasteiger partial charge in [-0.2, -0.15) is 0 Å². The lowest BCUT2D eigenvalue weighted by molar-refractivity contribution is 0.248. The molecule has 3 N–H and O–H groups in total. The van der Waals surface area contributed by atoms with Crippen molar-refractivity contribution in [2.75, 3.05) is 18.5 Å². The highest BCUT2D eigenvalue weighted by Crippen LogP contribution is 2.19. The number of benzene rings is 2. The topological polar surface area (TPSA) is 68.4 Å². The van der Waals surface area contributed by atoms with E-state index in [-0.39, 0.29) is 12.2 Å². The highest BCUT2D eigenvalue weighted by molar-refractivity contribution is 7.80. The molecule has 146 valence electrons. The summed E-state index contributed by atoms with van der Waals surface area (Å²) in [5.74, 6) is 0. The van der Waals surface area contributed by atoms with E-state index in [1.807, 2.05) is 57.2 Å². The minimum Gasteiger partial charge on any atom is -0.395 e. The lowest BCUT2D eigenvalue weighted by Crippen LogP contribution is -2.37. The number of fused-ring (bicyclic) bond motifs is 1. The summed E-state index contributed by atoms with van der Waals surface area (Å²) in [7, 11) is 0.